The molecule has 132 valence electrons. The summed E-state index contributed by atoms with van der Waals surface area (Å²) in [5, 5.41) is 4.68. The zero-order chi connectivity index (χ0) is 18.0. The van der Waals surface area contributed by atoms with Crippen LogP contribution in [0.25, 0.3) is 0 Å². The lowest BCUT2D eigenvalue weighted by molar-refractivity contribution is -0.0231. The highest BCUT2D eigenvalue weighted by molar-refractivity contribution is 6.30. The summed E-state index contributed by atoms with van der Waals surface area (Å²) in [6.45, 7) is 1.32. The first-order valence-electron chi connectivity index (χ1n) is 7.78. The fourth-order valence-electron chi connectivity index (χ4n) is 2.75. The molecular weight excluding hydrogens is 346 g/mol. The van der Waals surface area contributed by atoms with Gasteiger partial charge in [-0.2, -0.15) is 5.10 Å². The van der Waals surface area contributed by atoms with Crippen molar-refractivity contribution in [2.24, 2.45) is 7.05 Å². The second-order valence-corrected chi connectivity index (χ2v) is 6.13. The molecule has 1 aliphatic heterocycles. The van der Waals surface area contributed by atoms with Gasteiger partial charge in [-0.05, 0) is 17.7 Å². The summed E-state index contributed by atoms with van der Waals surface area (Å²) in [7, 11) is 2.90. The molecule has 2 aromatic rings. The van der Waals surface area contributed by atoms with Crippen molar-refractivity contribution >= 4 is 23.5 Å². The molecule has 1 unspecified atom stereocenters. The molecule has 1 aromatic heterocycles. The number of benzene rings is 1. The number of morpholine rings is 1. The van der Waals surface area contributed by atoms with Crippen LogP contribution >= 0.6 is 11.6 Å². The van der Waals surface area contributed by atoms with Crippen molar-refractivity contribution in [3.63, 3.8) is 0 Å². The van der Waals surface area contributed by atoms with Gasteiger partial charge in [-0.15, -0.1) is 0 Å². The topological polar surface area (TPSA) is 73.7 Å². The minimum absolute atomic E-state index is 0.107. The molecule has 1 amide bonds. The highest BCUT2D eigenvalue weighted by Crippen LogP contribution is 2.24. The monoisotopic (exact) mass is 363 g/mol. The summed E-state index contributed by atoms with van der Waals surface area (Å²) in [6, 6.07) is 8.82. The Kier molecular flexibility index (Phi) is 5.06. The highest BCUT2D eigenvalue weighted by Gasteiger charge is 2.28. The Morgan fingerprint density at radius 1 is 1.32 bits per heavy atom. The number of aromatic nitrogens is 2. The van der Waals surface area contributed by atoms with Gasteiger partial charge in [-0.1, -0.05) is 23.7 Å². The first-order valence-corrected chi connectivity index (χ1v) is 8.16. The van der Waals surface area contributed by atoms with Gasteiger partial charge >= 0.3 is 5.97 Å². The molecule has 1 saturated heterocycles. The molecule has 2 heterocycles. The van der Waals surface area contributed by atoms with Crippen LogP contribution in [0.5, 0.6) is 0 Å². The van der Waals surface area contributed by atoms with E-state index in [9.17, 15) is 9.59 Å². The van der Waals surface area contributed by atoms with Crippen LogP contribution in [0, 0.1) is 0 Å². The third-order valence-electron chi connectivity index (χ3n) is 4.09. The van der Waals surface area contributed by atoms with E-state index in [1.165, 1.54) is 17.9 Å². The number of hydrogen-bond acceptors (Lipinski definition) is 5. The van der Waals surface area contributed by atoms with E-state index in [1.807, 2.05) is 12.1 Å². The predicted molar refractivity (Wildman–Crippen MR) is 90.6 cm³/mol. The molecule has 0 spiro atoms. The van der Waals surface area contributed by atoms with E-state index in [1.54, 1.807) is 24.1 Å². The second-order valence-electron chi connectivity index (χ2n) is 5.69. The minimum atomic E-state index is -0.573. The minimum Gasteiger partial charge on any atom is -0.464 e. The Labute approximate surface area is 150 Å². The number of carbonyl (C=O) groups is 2. The lowest BCUT2D eigenvalue weighted by Gasteiger charge is -2.33. The summed E-state index contributed by atoms with van der Waals surface area (Å²) >= 11 is 5.91. The number of aryl methyl sites for hydroxylation is 1. The molecule has 0 aliphatic carbocycles. The fourth-order valence-corrected chi connectivity index (χ4v) is 2.87. The molecule has 8 heteroatoms. The van der Waals surface area contributed by atoms with Crippen LogP contribution in [0.1, 0.15) is 32.6 Å². The first kappa shape index (κ1) is 17.4. The van der Waals surface area contributed by atoms with Crippen molar-refractivity contribution < 1.29 is 19.1 Å². The Morgan fingerprint density at radius 3 is 2.72 bits per heavy atom. The number of nitrogens with zero attached hydrogens (tertiary/aromatic N) is 3. The van der Waals surface area contributed by atoms with Crippen molar-refractivity contribution in [3.05, 3.63) is 52.3 Å². The van der Waals surface area contributed by atoms with Gasteiger partial charge in [0.25, 0.3) is 5.91 Å². The van der Waals surface area contributed by atoms with Gasteiger partial charge in [-0.3, -0.25) is 9.48 Å². The maximum Gasteiger partial charge on any atom is 0.358 e. The molecule has 25 heavy (non-hydrogen) atoms. The normalized spacial score (nSPS) is 17.4. The molecule has 3 rings (SSSR count). The summed E-state index contributed by atoms with van der Waals surface area (Å²) in [4.78, 5) is 26.1. The zero-order valence-electron chi connectivity index (χ0n) is 13.9. The average molecular weight is 364 g/mol. The van der Waals surface area contributed by atoms with Gasteiger partial charge in [-0.25, -0.2) is 4.79 Å². The average Bonchev–Trinajstić information content (AvgIpc) is 3.03. The van der Waals surface area contributed by atoms with Gasteiger partial charge < -0.3 is 14.4 Å². The maximum absolute atomic E-state index is 12.8. The van der Waals surface area contributed by atoms with E-state index in [2.05, 4.69) is 9.84 Å². The Hall–Kier alpha value is -2.38. The van der Waals surface area contributed by atoms with Crippen molar-refractivity contribution in [2.45, 2.75) is 6.10 Å². The van der Waals surface area contributed by atoms with Crippen LogP contribution in [0.15, 0.2) is 30.3 Å². The molecule has 0 radical (unpaired) electrons. The summed E-state index contributed by atoms with van der Waals surface area (Å²) in [6.07, 6.45) is -0.219. The SMILES string of the molecule is COC(=O)c1cc(C(=O)N2CCOC(c3ccc(Cl)cc3)C2)n(C)n1. The van der Waals surface area contributed by atoms with E-state index in [-0.39, 0.29) is 17.7 Å². The Morgan fingerprint density at radius 2 is 2.04 bits per heavy atom. The number of ether oxygens (including phenoxy) is 2. The lowest BCUT2D eigenvalue weighted by atomic mass is 10.1. The van der Waals surface area contributed by atoms with Crippen molar-refractivity contribution in [2.75, 3.05) is 26.8 Å². The standard InChI is InChI=1S/C17H18ClN3O4/c1-20-14(9-13(19-20)17(23)24-2)16(22)21-7-8-25-15(10-21)11-3-5-12(18)6-4-11/h3-6,9,15H,7-8,10H2,1-2H3. The molecular formula is C17H18ClN3O4. The first-order chi connectivity index (χ1) is 12.0. The lowest BCUT2D eigenvalue weighted by Crippen LogP contribution is -2.42. The third kappa shape index (κ3) is 3.67. The summed E-state index contributed by atoms with van der Waals surface area (Å²) < 4.78 is 11.8. The van der Waals surface area contributed by atoms with E-state index in [4.69, 9.17) is 16.3 Å². The number of halogens is 1. The summed E-state index contributed by atoms with van der Waals surface area (Å²) in [5.74, 6) is -0.775. The maximum atomic E-state index is 12.8. The number of carbonyl (C=O) groups excluding carboxylic acids is 2. The molecule has 1 fully saturated rings. The van der Waals surface area contributed by atoms with E-state index < -0.39 is 5.97 Å². The van der Waals surface area contributed by atoms with Crippen LogP contribution in [0.3, 0.4) is 0 Å². The summed E-state index contributed by atoms with van der Waals surface area (Å²) in [5.41, 5.74) is 1.40. The quantitative estimate of drug-likeness (QED) is 0.780. The number of rotatable bonds is 3. The van der Waals surface area contributed by atoms with Gasteiger partial charge in [0.1, 0.15) is 11.8 Å². The van der Waals surface area contributed by atoms with Crippen molar-refractivity contribution in [3.8, 4) is 0 Å². The number of amides is 1. The second kappa shape index (κ2) is 7.25. The fraction of sp³-hybridized carbons (Fsp3) is 0.353. The molecule has 0 saturated carbocycles. The van der Waals surface area contributed by atoms with Gasteiger partial charge in [0.05, 0.1) is 20.3 Å². The molecule has 1 aromatic carbocycles. The molecule has 0 N–H and O–H groups in total. The number of hydrogen-bond donors (Lipinski definition) is 0. The van der Waals surface area contributed by atoms with Crippen molar-refractivity contribution in [1.82, 2.24) is 14.7 Å². The Bertz CT molecular complexity index is 788. The van der Waals surface area contributed by atoms with Gasteiger partial charge in [0.15, 0.2) is 5.69 Å². The van der Waals surface area contributed by atoms with Crippen LogP contribution in [0.4, 0.5) is 0 Å². The number of methoxy groups -OCH3 is 1. The van der Waals surface area contributed by atoms with Crippen LogP contribution in [-0.2, 0) is 16.5 Å². The predicted octanol–water partition coefficient (Wildman–Crippen LogP) is 2.07. The van der Waals surface area contributed by atoms with E-state index in [0.29, 0.717) is 30.4 Å². The molecule has 1 atom stereocenters. The Balaban J connectivity index is 1.77. The van der Waals surface area contributed by atoms with Crippen LogP contribution in [0.2, 0.25) is 5.02 Å². The number of esters is 1. The van der Waals surface area contributed by atoms with E-state index in [0.717, 1.165) is 5.56 Å². The van der Waals surface area contributed by atoms with Crippen LogP contribution in [-0.4, -0.2) is 53.4 Å². The molecule has 1 aliphatic rings. The van der Waals surface area contributed by atoms with Gasteiger partial charge in [0.2, 0.25) is 0 Å². The molecule has 7 nitrogen and oxygen atoms in total. The largest absolute Gasteiger partial charge is 0.464 e. The third-order valence-corrected chi connectivity index (χ3v) is 4.34. The molecule has 0 bridgehead atoms. The van der Waals surface area contributed by atoms with Crippen molar-refractivity contribution in [1.29, 1.82) is 0 Å². The smallest absolute Gasteiger partial charge is 0.358 e. The van der Waals surface area contributed by atoms with Gasteiger partial charge in [0, 0.05) is 24.7 Å². The van der Waals surface area contributed by atoms with E-state index >= 15 is 0 Å². The van der Waals surface area contributed by atoms with Crippen LogP contribution < -0.4 is 0 Å². The highest BCUT2D eigenvalue weighted by atomic mass is 35.5. The zero-order valence-corrected chi connectivity index (χ0v) is 14.7.